The van der Waals surface area contributed by atoms with Gasteiger partial charge in [0.1, 0.15) is 0 Å². The van der Waals surface area contributed by atoms with Gasteiger partial charge in [-0.3, -0.25) is 4.99 Å². The van der Waals surface area contributed by atoms with Crippen molar-refractivity contribution in [1.29, 1.82) is 0 Å². The first-order valence-electron chi connectivity index (χ1n) is 7.45. The second-order valence-electron chi connectivity index (χ2n) is 5.30. The Hall–Kier alpha value is -0.470. The first-order chi connectivity index (χ1) is 10.3. The zero-order chi connectivity index (χ0) is 15.0. The van der Waals surface area contributed by atoms with Gasteiger partial charge in [-0.15, -0.1) is 35.7 Å². The minimum Gasteiger partial charge on any atom is -0.385 e. The fourth-order valence-electron chi connectivity index (χ4n) is 2.08. The fraction of sp³-hybridized carbons (Fsp3) is 0.562. The van der Waals surface area contributed by atoms with Crippen LogP contribution in [0.4, 0.5) is 0 Å². The van der Waals surface area contributed by atoms with Crippen molar-refractivity contribution in [3.63, 3.8) is 0 Å². The average molecular weight is 435 g/mol. The highest BCUT2D eigenvalue weighted by molar-refractivity contribution is 14.0. The molecule has 0 atom stereocenters. The molecule has 22 heavy (non-hydrogen) atoms. The van der Waals surface area contributed by atoms with E-state index < -0.39 is 0 Å². The second kappa shape index (κ2) is 10.3. The molecule has 0 unspecified atom stereocenters. The highest BCUT2D eigenvalue weighted by Gasteiger charge is 2.43. The van der Waals surface area contributed by atoms with Crippen LogP contribution in [-0.2, 0) is 4.74 Å². The van der Waals surface area contributed by atoms with Crippen molar-refractivity contribution < 1.29 is 4.74 Å². The molecule has 124 valence electrons. The molecule has 1 aromatic rings. The van der Waals surface area contributed by atoms with E-state index in [1.54, 1.807) is 7.11 Å². The number of nitrogens with one attached hydrogen (secondary N) is 2. The van der Waals surface area contributed by atoms with Crippen LogP contribution >= 0.6 is 35.7 Å². The maximum absolute atomic E-state index is 5.04. The summed E-state index contributed by atoms with van der Waals surface area (Å²) in [5.41, 5.74) is 0. The summed E-state index contributed by atoms with van der Waals surface area (Å²) in [4.78, 5) is 5.61. The van der Waals surface area contributed by atoms with E-state index in [0.29, 0.717) is 4.75 Å². The number of thioether (sulfide) groups is 1. The van der Waals surface area contributed by atoms with Gasteiger partial charge in [0.2, 0.25) is 0 Å². The average Bonchev–Trinajstić information content (AvgIpc) is 3.27. The number of hydrogen-bond acceptors (Lipinski definition) is 3. The van der Waals surface area contributed by atoms with E-state index in [4.69, 9.17) is 4.74 Å². The lowest BCUT2D eigenvalue weighted by atomic mass is 10.4. The molecule has 1 aliphatic carbocycles. The van der Waals surface area contributed by atoms with Crippen LogP contribution in [0.3, 0.4) is 0 Å². The molecule has 0 bridgehead atoms. The van der Waals surface area contributed by atoms with Gasteiger partial charge < -0.3 is 15.4 Å². The van der Waals surface area contributed by atoms with Crippen molar-refractivity contribution in [1.82, 2.24) is 10.6 Å². The summed E-state index contributed by atoms with van der Waals surface area (Å²) in [6.45, 7) is 2.61. The van der Waals surface area contributed by atoms with E-state index in [1.807, 2.05) is 18.8 Å². The molecule has 1 saturated carbocycles. The molecule has 0 heterocycles. The molecule has 1 aliphatic rings. The number of ether oxygens (including phenoxy) is 1. The Balaban J connectivity index is 0.00000242. The first kappa shape index (κ1) is 19.6. The monoisotopic (exact) mass is 435 g/mol. The van der Waals surface area contributed by atoms with Crippen molar-refractivity contribution in [2.24, 2.45) is 4.99 Å². The quantitative estimate of drug-likeness (QED) is 0.285. The van der Waals surface area contributed by atoms with Gasteiger partial charge in [0, 0.05) is 43.5 Å². The third kappa shape index (κ3) is 6.75. The van der Waals surface area contributed by atoms with Crippen molar-refractivity contribution in [2.75, 3.05) is 33.9 Å². The third-order valence-electron chi connectivity index (χ3n) is 3.50. The predicted octanol–water partition coefficient (Wildman–Crippen LogP) is 3.13. The summed E-state index contributed by atoms with van der Waals surface area (Å²) >= 11 is 1.98. The maximum atomic E-state index is 5.04. The Morgan fingerprint density at radius 1 is 1.27 bits per heavy atom. The van der Waals surface area contributed by atoms with Gasteiger partial charge in [0.15, 0.2) is 5.96 Å². The predicted molar refractivity (Wildman–Crippen MR) is 106 cm³/mol. The van der Waals surface area contributed by atoms with Crippen molar-refractivity contribution in [3.8, 4) is 0 Å². The summed E-state index contributed by atoms with van der Waals surface area (Å²) < 4.78 is 5.38. The summed E-state index contributed by atoms with van der Waals surface area (Å²) in [5, 5.41) is 6.76. The van der Waals surface area contributed by atoms with Gasteiger partial charge >= 0.3 is 0 Å². The highest BCUT2D eigenvalue weighted by Crippen LogP contribution is 2.51. The Morgan fingerprint density at radius 3 is 2.59 bits per heavy atom. The molecule has 0 saturated heterocycles. The lowest BCUT2D eigenvalue weighted by Gasteiger charge is -2.18. The Labute approximate surface area is 154 Å². The van der Waals surface area contributed by atoms with Crippen LogP contribution in [-0.4, -0.2) is 44.6 Å². The molecular weight excluding hydrogens is 409 g/mol. The van der Waals surface area contributed by atoms with Crippen molar-refractivity contribution in [3.05, 3.63) is 30.3 Å². The molecule has 4 nitrogen and oxygen atoms in total. The largest absolute Gasteiger partial charge is 0.385 e. The minimum atomic E-state index is 0. The molecule has 0 aromatic heterocycles. The standard InChI is InChI=1S/C16H25N3OS.HI/c1-17-15(18-11-6-12-20-2)19-13-16(9-10-16)21-14-7-4-3-5-8-14;/h3-5,7-8H,6,9-13H2,1-2H3,(H2,17,18,19);1H. The Bertz CT molecular complexity index is 452. The van der Waals surface area contributed by atoms with Crippen molar-refractivity contribution >= 4 is 41.7 Å². The van der Waals surface area contributed by atoms with Crippen LogP contribution in [0.5, 0.6) is 0 Å². The third-order valence-corrected chi connectivity index (χ3v) is 5.00. The number of guanidine groups is 1. The van der Waals surface area contributed by atoms with Crippen LogP contribution in [0, 0.1) is 0 Å². The number of nitrogens with zero attached hydrogens (tertiary/aromatic N) is 1. The summed E-state index contributed by atoms with van der Waals surface area (Å²) in [5.74, 6) is 0.881. The molecule has 1 fully saturated rings. The van der Waals surface area contributed by atoms with Crippen LogP contribution < -0.4 is 10.6 Å². The van der Waals surface area contributed by atoms with Gasteiger partial charge in [-0.05, 0) is 31.4 Å². The van der Waals surface area contributed by atoms with E-state index in [-0.39, 0.29) is 24.0 Å². The Morgan fingerprint density at radius 2 is 2.00 bits per heavy atom. The molecule has 1 aromatic carbocycles. The number of benzene rings is 1. The normalized spacial score (nSPS) is 15.8. The number of aliphatic imine (C=N–C) groups is 1. The molecule has 0 amide bonds. The van der Waals surface area contributed by atoms with E-state index in [2.05, 4.69) is 46.0 Å². The zero-order valence-corrected chi connectivity index (χ0v) is 16.4. The van der Waals surface area contributed by atoms with Gasteiger partial charge in [-0.2, -0.15) is 0 Å². The van der Waals surface area contributed by atoms with Crippen LogP contribution in [0.1, 0.15) is 19.3 Å². The number of hydrogen-bond donors (Lipinski definition) is 2. The van der Waals surface area contributed by atoms with E-state index >= 15 is 0 Å². The molecular formula is C16H26IN3OS. The lowest BCUT2D eigenvalue weighted by molar-refractivity contribution is 0.195. The first-order valence-corrected chi connectivity index (χ1v) is 8.27. The van der Waals surface area contributed by atoms with Crippen LogP contribution in [0.15, 0.2) is 40.2 Å². The van der Waals surface area contributed by atoms with Crippen LogP contribution in [0.25, 0.3) is 0 Å². The van der Waals surface area contributed by atoms with Gasteiger partial charge in [0.25, 0.3) is 0 Å². The molecule has 2 rings (SSSR count). The molecule has 0 radical (unpaired) electrons. The van der Waals surface area contributed by atoms with Gasteiger partial charge in [0.05, 0.1) is 0 Å². The molecule has 0 aliphatic heterocycles. The number of methoxy groups -OCH3 is 1. The summed E-state index contributed by atoms with van der Waals surface area (Å²) in [6.07, 6.45) is 3.52. The Kier molecular flexibility index (Phi) is 9.19. The molecule has 0 spiro atoms. The van der Waals surface area contributed by atoms with Crippen molar-refractivity contribution in [2.45, 2.75) is 28.9 Å². The van der Waals surface area contributed by atoms with E-state index in [0.717, 1.165) is 32.1 Å². The smallest absolute Gasteiger partial charge is 0.191 e. The van der Waals surface area contributed by atoms with E-state index in [9.17, 15) is 0 Å². The van der Waals surface area contributed by atoms with Crippen LogP contribution in [0.2, 0.25) is 0 Å². The SMILES string of the molecule is CN=C(NCCCOC)NCC1(Sc2ccccc2)CC1.I. The van der Waals surface area contributed by atoms with Gasteiger partial charge in [-0.25, -0.2) is 0 Å². The highest BCUT2D eigenvalue weighted by atomic mass is 127. The summed E-state index contributed by atoms with van der Waals surface area (Å²) in [7, 11) is 3.54. The van der Waals surface area contributed by atoms with E-state index in [1.165, 1.54) is 17.7 Å². The minimum absolute atomic E-state index is 0. The van der Waals surface area contributed by atoms with Gasteiger partial charge in [-0.1, -0.05) is 18.2 Å². The molecule has 2 N–H and O–H groups in total. The number of halogens is 1. The summed E-state index contributed by atoms with van der Waals surface area (Å²) in [6, 6.07) is 10.6. The lowest BCUT2D eigenvalue weighted by Crippen LogP contribution is -2.41. The maximum Gasteiger partial charge on any atom is 0.191 e. The topological polar surface area (TPSA) is 45.7 Å². The zero-order valence-electron chi connectivity index (χ0n) is 13.3. The molecule has 6 heteroatoms. The number of rotatable bonds is 8. The fourth-order valence-corrected chi connectivity index (χ4v) is 3.33. The second-order valence-corrected chi connectivity index (χ2v) is 6.84.